The van der Waals surface area contributed by atoms with Crippen molar-refractivity contribution in [1.29, 1.82) is 0 Å². The lowest BCUT2D eigenvalue weighted by molar-refractivity contribution is 0.733. The van der Waals surface area contributed by atoms with Gasteiger partial charge in [0.25, 0.3) is 0 Å². The van der Waals surface area contributed by atoms with E-state index in [0.29, 0.717) is 0 Å². The van der Waals surface area contributed by atoms with Gasteiger partial charge in [0.05, 0.1) is 5.88 Å². The van der Waals surface area contributed by atoms with Crippen LogP contribution in [-0.2, 0) is 5.88 Å². The Hall–Kier alpha value is 0.130. The smallest absolute Gasteiger partial charge is 0.180 e. The van der Waals surface area contributed by atoms with E-state index in [9.17, 15) is 0 Å². The summed E-state index contributed by atoms with van der Waals surface area (Å²) in [4.78, 5) is 0. The summed E-state index contributed by atoms with van der Waals surface area (Å²) in [7, 11) is 0. The van der Waals surface area contributed by atoms with Crippen molar-refractivity contribution in [3.8, 4) is 0 Å². The number of hydrogen-bond acceptors (Lipinski definition) is 4. The SMILES string of the molecule is CSCn1nc(C)sc1=S. The van der Waals surface area contributed by atoms with Crippen molar-refractivity contribution < 1.29 is 0 Å². The quantitative estimate of drug-likeness (QED) is 0.670. The fraction of sp³-hybridized carbons (Fsp3) is 0.600. The molecule has 0 fully saturated rings. The predicted molar refractivity (Wildman–Crippen MR) is 49.2 cm³/mol. The first-order valence-electron chi connectivity index (χ1n) is 2.77. The molecule has 1 heterocycles. The summed E-state index contributed by atoms with van der Waals surface area (Å²) in [6.45, 7) is 1.97. The van der Waals surface area contributed by atoms with E-state index in [-0.39, 0.29) is 0 Å². The molecular weight excluding hydrogens is 184 g/mol. The average Bonchev–Trinajstić information content (AvgIpc) is 2.13. The van der Waals surface area contributed by atoms with E-state index in [1.807, 2.05) is 17.9 Å². The Balaban J connectivity index is 2.92. The zero-order chi connectivity index (χ0) is 7.56. The van der Waals surface area contributed by atoms with Gasteiger partial charge in [-0.1, -0.05) is 11.3 Å². The van der Waals surface area contributed by atoms with Crippen LogP contribution in [-0.4, -0.2) is 16.0 Å². The van der Waals surface area contributed by atoms with E-state index in [0.717, 1.165) is 14.8 Å². The first kappa shape index (κ1) is 8.23. The molecule has 0 aliphatic carbocycles. The van der Waals surface area contributed by atoms with Gasteiger partial charge < -0.3 is 0 Å². The normalized spacial score (nSPS) is 10.2. The summed E-state index contributed by atoms with van der Waals surface area (Å²) in [5.74, 6) is 0.864. The lowest BCUT2D eigenvalue weighted by atomic mass is 10.9. The molecule has 0 radical (unpaired) electrons. The minimum absolute atomic E-state index is 0.864. The molecule has 0 unspecified atom stereocenters. The van der Waals surface area contributed by atoms with Crippen molar-refractivity contribution >= 4 is 35.3 Å². The molecular formula is C5H8N2S3. The molecule has 0 saturated heterocycles. The first-order valence-corrected chi connectivity index (χ1v) is 5.39. The van der Waals surface area contributed by atoms with Crippen LogP contribution in [0, 0.1) is 10.9 Å². The number of thioether (sulfide) groups is 1. The number of hydrogen-bond donors (Lipinski definition) is 0. The molecule has 0 aromatic carbocycles. The molecule has 1 rings (SSSR count). The highest BCUT2D eigenvalue weighted by molar-refractivity contribution is 7.97. The topological polar surface area (TPSA) is 17.8 Å². The summed E-state index contributed by atoms with van der Waals surface area (Å²) in [5, 5.41) is 5.25. The fourth-order valence-electron chi connectivity index (χ4n) is 0.614. The lowest BCUT2D eigenvalue weighted by Gasteiger charge is -1.93. The van der Waals surface area contributed by atoms with Gasteiger partial charge >= 0.3 is 0 Å². The summed E-state index contributed by atoms with van der Waals surface area (Å²) >= 11 is 8.33. The van der Waals surface area contributed by atoms with Crippen molar-refractivity contribution in [3.05, 3.63) is 8.96 Å². The molecule has 2 nitrogen and oxygen atoms in total. The van der Waals surface area contributed by atoms with Crippen LogP contribution in [0.4, 0.5) is 0 Å². The van der Waals surface area contributed by atoms with Crippen LogP contribution >= 0.6 is 35.3 Å². The maximum absolute atomic E-state index is 5.04. The van der Waals surface area contributed by atoms with Crippen molar-refractivity contribution in [2.75, 3.05) is 6.26 Å². The minimum atomic E-state index is 0.864. The van der Waals surface area contributed by atoms with E-state index >= 15 is 0 Å². The highest BCUT2D eigenvalue weighted by Crippen LogP contribution is 2.08. The molecule has 5 heteroatoms. The number of aromatic nitrogens is 2. The van der Waals surface area contributed by atoms with Gasteiger partial charge in [0.2, 0.25) is 0 Å². The van der Waals surface area contributed by atoms with E-state index in [1.54, 1.807) is 23.1 Å². The zero-order valence-corrected chi connectivity index (χ0v) is 8.28. The summed E-state index contributed by atoms with van der Waals surface area (Å²) in [6.07, 6.45) is 2.04. The third-order valence-corrected chi connectivity index (χ3v) is 2.68. The highest BCUT2D eigenvalue weighted by Gasteiger charge is 1.95. The third kappa shape index (κ3) is 1.81. The Morgan fingerprint density at radius 2 is 2.50 bits per heavy atom. The standard InChI is InChI=1S/C5H8N2S3/c1-4-6-7(3-9-2)5(8)10-4/h3H2,1-2H3. The van der Waals surface area contributed by atoms with Gasteiger partial charge in [-0.25, -0.2) is 4.68 Å². The zero-order valence-electron chi connectivity index (χ0n) is 5.83. The van der Waals surface area contributed by atoms with Gasteiger partial charge in [-0.15, -0.1) is 11.8 Å². The second kappa shape index (κ2) is 3.50. The van der Waals surface area contributed by atoms with Crippen molar-refractivity contribution in [2.45, 2.75) is 12.8 Å². The van der Waals surface area contributed by atoms with Crippen LogP contribution < -0.4 is 0 Å². The van der Waals surface area contributed by atoms with Crippen LogP contribution in [0.25, 0.3) is 0 Å². The Kier molecular flexibility index (Phi) is 2.88. The number of aryl methyl sites for hydroxylation is 1. The van der Waals surface area contributed by atoms with E-state index in [4.69, 9.17) is 12.2 Å². The third-order valence-electron chi connectivity index (χ3n) is 0.959. The molecule has 1 aromatic rings. The van der Waals surface area contributed by atoms with E-state index in [2.05, 4.69) is 5.10 Å². The second-order valence-electron chi connectivity index (χ2n) is 1.80. The van der Waals surface area contributed by atoms with Crippen LogP contribution in [0.5, 0.6) is 0 Å². The molecule has 0 spiro atoms. The van der Waals surface area contributed by atoms with Crippen LogP contribution in [0.15, 0.2) is 0 Å². The number of nitrogens with zero attached hydrogens (tertiary/aromatic N) is 2. The highest BCUT2D eigenvalue weighted by atomic mass is 32.2. The van der Waals surface area contributed by atoms with Gasteiger partial charge in [0, 0.05) is 0 Å². The van der Waals surface area contributed by atoms with Crippen LogP contribution in [0.3, 0.4) is 0 Å². The van der Waals surface area contributed by atoms with Gasteiger partial charge in [-0.2, -0.15) is 5.10 Å². The minimum Gasteiger partial charge on any atom is -0.234 e. The van der Waals surface area contributed by atoms with Crippen molar-refractivity contribution in [1.82, 2.24) is 9.78 Å². The molecule has 0 amide bonds. The number of rotatable bonds is 2. The molecule has 1 aromatic heterocycles. The maximum Gasteiger partial charge on any atom is 0.180 e. The summed E-state index contributed by atoms with van der Waals surface area (Å²) < 4.78 is 2.71. The van der Waals surface area contributed by atoms with Gasteiger partial charge in [0.15, 0.2) is 3.95 Å². The molecule has 0 aliphatic rings. The molecule has 0 atom stereocenters. The Morgan fingerprint density at radius 3 is 2.90 bits per heavy atom. The predicted octanol–water partition coefficient (Wildman–Crippen LogP) is 2.30. The summed E-state index contributed by atoms with van der Waals surface area (Å²) in [5.41, 5.74) is 0. The molecule has 56 valence electrons. The average molecular weight is 192 g/mol. The Bertz CT molecular complexity index is 262. The van der Waals surface area contributed by atoms with Gasteiger partial charge in [-0.05, 0) is 25.4 Å². The van der Waals surface area contributed by atoms with Crippen LogP contribution in [0.2, 0.25) is 0 Å². The van der Waals surface area contributed by atoms with E-state index in [1.165, 1.54) is 0 Å². The monoisotopic (exact) mass is 192 g/mol. The lowest BCUT2D eigenvalue weighted by Crippen LogP contribution is -1.95. The molecule has 0 aliphatic heterocycles. The molecule has 10 heavy (non-hydrogen) atoms. The van der Waals surface area contributed by atoms with Gasteiger partial charge in [0.1, 0.15) is 5.01 Å². The summed E-state index contributed by atoms with van der Waals surface area (Å²) in [6, 6.07) is 0. The fourth-order valence-corrected chi connectivity index (χ4v) is 2.28. The Labute approximate surface area is 73.3 Å². The van der Waals surface area contributed by atoms with Gasteiger partial charge in [-0.3, -0.25) is 0 Å². The second-order valence-corrected chi connectivity index (χ2v) is 4.47. The van der Waals surface area contributed by atoms with Crippen molar-refractivity contribution in [2.24, 2.45) is 0 Å². The largest absolute Gasteiger partial charge is 0.234 e. The maximum atomic E-state index is 5.04. The first-order chi connectivity index (χ1) is 4.74. The molecule has 0 saturated carbocycles. The molecule has 0 N–H and O–H groups in total. The van der Waals surface area contributed by atoms with Crippen molar-refractivity contribution in [3.63, 3.8) is 0 Å². The van der Waals surface area contributed by atoms with E-state index < -0.39 is 0 Å². The molecule has 0 bridgehead atoms. The van der Waals surface area contributed by atoms with Crippen LogP contribution in [0.1, 0.15) is 5.01 Å². The Morgan fingerprint density at radius 1 is 1.80 bits per heavy atom.